The number of amides is 1. The van der Waals surface area contributed by atoms with Crippen LogP contribution in [0.2, 0.25) is 0 Å². The Hall–Kier alpha value is -3.14. The SMILES string of the molecule is CC1CCC(C(=O)N(c2ccc(Oc3ncc(CO)cc3C(F)(F)F)cc2C(=O)O)C(C)C)CC1. The predicted octanol–water partition coefficient (Wildman–Crippen LogP) is 5.65. The molecule has 1 aliphatic carbocycles. The van der Waals surface area contributed by atoms with E-state index in [0.717, 1.165) is 44.0 Å². The molecule has 2 N–H and O–H groups in total. The number of hydrogen-bond donors (Lipinski definition) is 2. The van der Waals surface area contributed by atoms with Gasteiger partial charge in [0.15, 0.2) is 0 Å². The van der Waals surface area contributed by atoms with Crippen molar-refractivity contribution in [3.63, 3.8) is 0 Å². The Morgan fingerprint density at radius 1 is 1.17 bits per heavy atom. The maximum Gasteiger partial charge on any atom is 0.421 e. The number of alkyl halides is 3. The number of pyridine rings is 1. The lowest BCUT2D eigenvalue weighted by molar-refractivity contribution is -0.139. The highest BCUT2D eigenvalue weighted by Gasteiger charge is 2.36. The predicted molar refractivity (Wildman–Crippen MR) is 122 cm³/mol. The third-order valence-electron chi connectivity index (χ3n) is 6.19. The zero-order chi connectivity index (χ0) is 25.9. The van der Waals surface area contributed by atoms with E-state index in [-0.39, 0.29) is 40.4 Å². The van der Waals surface area contributed by atoms with E-state index in [4.69, 9.17) is 9.84 Å². The van der Waals surface area contributed by atoms with E-state index in [1.807, 2.05) is 0 Å². The van der Waals surface area contributed by atoms with Crippen LogP contribution < -0.4 is 9.64 Å². The van der Waals surface area contributed by atoms with E-state index in [0.29, 0.717) is 5.92 Å². The fraction of sp³-hybridized carbons (Fsp3) is 0.480. The molecular weight excluding hydrogens is 465 g/mol. The minimum atomic E-state index is -4.80. The number of aromatic nitrogens is 1. The van der Waals surface area contributed by atoms with Gasteiger partial charge < -0.3 is 19.8 Å². The molecule has 0 bridgehead atoms. The van der Waals surface area contributed by atoms with E-state index in [9.17, 15) is 27.9 Å². The van der Waals surface area contributed by atoms with Crippen LogP contribution in [0.15, 0.2) is 30.5 Å². The summed E-state index contributed by atoms with van der Waals surface area (Å²) in [5, 5.41) is 19.0. The Balaban J connectivity index is 1.97. The van der Waals surface area contributed by atoms with Gasteiger partial charge in [-0.3, -0.25) is 4.79 Å². The largest absolute Gasteiger partial charge is 0.478 e. The lowest BCUT2D eigenvalue weighted by Gasteiger charge is -2.34. The molecule has 0 saturated heterocycles. The van der Waals surface area contributed by atoms with Gasteiger partial charge >= 0.3 is 12.1 Å². The Bertz CT molecular complexity index is 1080. The summed E-state index contributed by atoms with van der Waals surface area (Å²) < 4.78 is 45.8. The summed E-state index contributed by atoms with van der Waals surface area (Å²) in [4.78, 5) is 30.5. The fourth-order valence-corrected chi connectivity index (χ4v) is 4.29. The van der Waals surface area contributed by atoms with E-state index in [1.54, 1.807) is 13.8 Å². The van der Waals surface area contributed by atoms with E-state index in [2.05, 4.69) is 11.9 Å². The van der Waals surface area contributed by atoms with E-state index < -0.39 is 30.2 Å². The molecule has 1 fully saturated rings. The zero-order valence-electron chi connectivity index (χ0n) is 19.8. The van der Waals surface area contributed by atoms with Gasteiger partial charge in [0, 0.05) is 18.2 Å². The number of benzene rings is 1. The second-order valence-corrected chi connectivity index (χ2v) is 9.20. The number of carbonyl (C=O) groups excluding carboxylic acids is 1. The monoisotopic (exact) mass is 494 g/mol. The molecule has 1 aliphatic rings. The molecule has 10 heteroatoms. The van der Waals surface area contributed by atoms with Gasteiger partial charge in [0.25, 0.3) is 0 Å². The van der Waals surface area contributed by atoms with Crippen molar-refractivity contribution in [2.75, 3.05) is 4.90 Å². The van der Waals surface area contributed by atoms with E-state index >= 15 is 0 Å². The van der Waals surface area contributed by atoms with Gasteiger partial charge in [-0.05, 0) is 75.3 Å². The lowest BCUT2D eigenvalue weighted by atomic mass is 9.82. The van der Waals surface area contributed by atoms with Gasteiger partial charge in [-0.2, -0.15) is 13.2 Å². The number of nitrogens with zero attached hydrogens (tertiary/aromatic N) is 2. The summed E-state index contributed by atoms with van der Waals surface area (Å²) in [5.41, 5.74) is -1.36. The molecule has 35 heavy (non-hydrogen) atoms. The van der Waals surface area contributed by atoms with Gasteiger partial charge in [0.2, 0.25) is 11.8 Å². The van der Waals surface area contributed by atoms with Crippen molar-refractivity contribution >= 4 is 17.6 Å². The van der Waals surface area contributed by atoms with Crippen LogP contribution in [0.4, 0.5) is 18.9 Å². The van der Waals surface area contributed by atoms with Gasteiger partial charge in [-0.25, -0.2) is 9.78 Å². The smallest absolute Gasteiger partial charge is 0.421 e. The number of carbonyl (C=O) groups is 2. The summed E-state index contributed by atoms with van der Waals surface area (Å²) >= 11 is 0. The molecule has 2 aromatic rings. The van der Waals surface area contributed by atoms with Crippen molar-refractivity contribution < 1.29 is 37.7 Å². The van der Waals surface area contributed by atoms with Gasteiger partial charge in [-0.1, -0.05) is 6.92 Å². The first-order valence-electron chi connectivity index (χ1n) is 11.5. The van der Waals surface area contributed by atoms with Crippen LogP contribution in [0.3, 0.4) is 0 Å². The standard InChI is InChI=1S/C25H29F3N2O5/c1-14(2)30(23(32)17-6-4-15(3)5-7-17)21-9-8-18(11-19(21)24(33)34)35-22-20(25(26,27)28)10-16(13-31)12-29-22/h8-12,14-15,17,31H,4-7,13H2,1-3H3,(H,33,34). The molecule has 1 aromatic carbocycles. The van der Waals surface area contributed by atoms with Gasteiger partial charge in [0.1, 0.15) is 11.3 Å². The number of ether oxygens (including phenoxy) is 1. The first-order valence-corrected chi connectivity index (χ1v) is 11.5. The number of hydrogen-bond acceptors (Lipinski definition) is 5. The quantitative estimate of drug-likeness (QED) is 0.516. The lowest BCUT2D eigenvalue weighted by Crippen LogP contribution is -2.42. The highest BCUT2D eigenvalue weighted by Crippen LogP contribution is 2.39. The van der Waals surface area contributed by atoms with Crippen LogP contribution >= 0.6 is 0 Å². The molecule has 1 amide bonds. The number of carboxylic acid groups (broad SMARTS) is 1. The molecule has 0 aliphatic heterocycles. The van der Waals surface area contributed by atoms with Crippen molar-refractivity contribution in [1.29, 1.82) is 0 Å². The molecule has 7 nitrogen and oxygen atoms in total. The average molecular weight is 495 g/mol. The van der Waals surface area contributed by atoms with Gasteiger partial charge in [-0.15, -0.1) is 0 Å². The van der Waals surface area contributed by atoms with E-state index in [1.165, 1.54) is 17.0 Å². The van der Waals surface area contributed by atoms with Crippen LogP contribution in [0.5, 0.6) is 11.6 Å². The topological polar surface area (TPSA) is 100.0 Å². The third-order valence-corrected chi connectivity index (χ3v) is 6.19. The molecule has 1 heterocycles. The molecule has 0 spiro atoms. The summed E-state index contributed by atoms with van der Waals surface area (Å²) in [6, 6.07) is 4.16. The summed E-state index contributed by atoms with van der Waals surface area (Å²) in [5.74, 6) is -2.13. The van der Waals surface area contributed by atoms with Crippen molar-refractivity contribution in [2.24, 2.45) is 11.8 Å². The number of aliphatic hydroxyl groups excluding tert-OH is 1. The maximum atomic E-state index is 13.5. The molecule has 1 saturated carbocycles. The number of aromatic carboxylic acids is 1. The minimum absolute atomic E-state index is 0.0468. The molecule has 3 rings (SSSR count). The first-order chi connectivity index (χ1) is 16.4. The van der Waals surface area contributed by atoms with Crippen molar-refractivity contribution in [3.8, 4) is 11.6 Å². The normalized spacial score (nSPS) is 18.4. The van der Waals surface area contributed by atoms with Crippen molar-refractivity contribution in [3.05, 3.63) is 47.2 Å². The average Bonchev–Trinajstić information content (AvgIpc) is 2.79. The van der Waals surface area contributed by atoms with Crippen LogP contribution in [0.1, 0.15) is 67.9 Å². The summed E-state index contributed by atoms with van der Waals surface area (Å²) in [7, 11) is 0. The molecule has 0 unspecified atom stereocenters. The van der Waals surface area contributed by atoms with Crippen molar-refractivity contribution in [1.82, 2.24) is 4.98 Å². The second-order valence-electron chi connectivity index (χ2n) is 9.20. The number of aliphatic hydroxyl groups is 1. The molecule has 0 atom stereocenters. The molecular formula is C25H29F3N2O5. The fourth-order valence-electron chi connectivity index (χ4n) is 4.29. The Morgan fingerprint density at radius 2 is 1.83 bits per heavy atom. The minimum Gasteiger partial charge on any atom is -0.478 e. The highest BCUT2D eigenvalue weighted by molar-refractivity contribution is 6.03. The molecule has 1 aromatic heterocycles. The number of halogens is 3. The highest BCUT2D eigenvalue weighted by atomic mass is 19.4. The number of rotatable bonds is 7. The van der Waals surface area contributed by atoms with Crippen LogP contribution in [-0.2, 0) is 17.6 Å². The third kappa shape index (κ3) is 6.11. The van der Waals surface area contributed by atoms with Gasteiger partial charge in [0.05, 0.1) is 17.9 Å². The summed E-state index contributed by atoms with van der Waals surface area (Å²) in [6.45, 7) is 5.06. The van der Waals surface area contributed by atoms with Crippen LogP contribution in [-0.4, -0.2) is 33.1 Å². The van der Waals surface area contributed by atoms with Crippen LogP contribution in [0, 0.1) is 11.8 Å². The second kappa shape index (κ2) is 10.6. The Morgan fingerprint density at radius 3 is 2.37 bits per heavy atom. The number of anilines is 1. The number of carboxylic acids is 1. The van der Waals surface area contributed by atoms with Crippen molar-refractivity contribution in [2.45, 2.75) is 65.3 Å². The zero-order valence-corrected chi connectivity index (χ0v) is 19.8. The maximum absolute atomic E-state index is 13.5. The molecule has 190 valence electrons. The Labute approximate surface area is 201 Å². The Kier molecular flexibility index (Phi) is 8.04. The first kappa shape index (κ1) is 26.5. The summed E-state index contributed by atoms with van der Waals surface area (Å²) in [6.07, 6.45) is -0.469. The van der Waals surface area contributed by atoms with Crippen LogP contribution in [0.25, 0.3) is 0 Å². The molecule has 0 radical (unpaired) electrons.